The minimum absolute atomic E-state index is 0.227. The van der Waals surface area contributed by atoms with Crippen LogP contribution in [0.25, 0.3) is 0 Å². The highest BCUT2D eigenvalue weighted by atomic mass is 16.6. The summed E-state index contributed by atoms with van der Waals surface area (Å²) in [4.78, 5) is 21.5. The number of aliphatic hydroxyl groups is 2. The summed E-state index contributed by atoms with van der Waals surface area (Å²) >= 11 is 0. The summed E-state index contributed by atoms with van der Waals surface area (Å²) in [6, 6.07) is 0. The topological polar surface area (TPSA) is 123 Å². The fourth-order valence-corrected chi connectivity index (χ4v) is 1.90. The molecule has 0 spiro atoms. The van der Waals surface area contributed by atoms with Gasteiger partial charge in [-0.15, -0.1) is 0 Å². The Morgan fingerprint density at radius 2 is 1.90 bits per heavy atom. The maximum absolute atomic E-state index is 11.2. The molecule has 2 unspecified atom stereocenters. The monoisotopic (exact) mass is 290 g/mol. The van der Waals surface area contributed by atoms with Crippen molar-refractivity contribution < 1.29 is 39.1 Å². The number of carboxylic acids is 1. The molecule has 5 atom stereocenters. The van der Waals surface area contributed by atoms with Gasteiger partial charge in [-0.25, -0.2) is 9.59 Å². The fraction of sp³-hybridized carbons (Fsp3) is 0.667. The minimum Gasteiger partial charge on any atom is -0.478 e. The van der Waals surface area contributed by atoms with Gasteiger partial charge in [0.1, 0.15) is 31.0 Å². The first-order chi connectivity index (χ1) is 9.36. The number of carbonyl (C=O) groups excluding carboxylic acids is 1. The van der Waals surface area contributed by atoms with Gasteiger partial charge in [0.05, 0.1) is 6.10 Å². The van der Waals surface area contributed by atoms with Crippen molar-refractivity contribution in [1.29, 1.82) is 0 Å². The van der Waals surface area contributed by atoms with Crippen LogP contribution >= 0.6 is 0 Å². The highest BCUT2D eigenvalue weighted by Crippen LogP contribution is 2.23. The molecule has 0 bridgehead atoms. The zero-order valence-electron chi connectivity index (χ0n) is 11.1. The number of hydrogen-bond acceptors (Lipinski definition) is 7. The van der Waals surface area contributed by atoms with Crippen molar-refractivity contribution in [3.8, 4) is 0 Å². The Balaban J connectivity index is 2.57. The number of ether oxygens (including phenoxy) is 3. The molecule has 1 aliphatic heterocycles. The first-order valence-electron chi connectivity index (χ1n) is 5.99. The van der Waals surface area contributed by atoms with E-state index in [0.717, 1.165) is 6.08 Å². The summed E-state index contributed by atoms with van der Waals surface area (Å²) in [5, 5.41) is 27.8. The lowest BCUT2D eigenvalue weighted by atomic mass is 9.96. The standard InChI is InChI=1S/C12H18O8/c1-6-10(16)11(17)12(18-2)7(20-6)5-19-9(15)4-3-8(13)14/h3-4,6-7,10-12,16-17H,5H2,1-2H3,(H,13,14)/b4-3-/t6-,7?,10?,11+,12+/m1/s1. The van der Waals surface area contributed by atoms with E-state index >= 15 is 0 Å². The second-order valence-corrected chi connectivity index (χ2v) is 4.36. The van der Waals surface area contributed by atoms with E-state index in [1.54, 1.807) is 6.92 Å². The van der Waals surface area contributed by atoms with Crippen LogP contribution in [-0.2, 0) is 23.8 Å². The largest absolute Gasteiger partial charge is 0.478 e. The number of aliphatic carboxylic acids is 1. The maximum atomic E-state index is 11.2. The Morgan fingerprint density at radius 3 is 2.45 bits per heavy atom. The van der Waals surface area contributed by atoms with Crippen LogP contribution in [-0.4, -0.2) is 71.5 Å². The lowest BCUT2D eigenvalue weighted by molar-refractivity contribution is -0.233. The van der Waals surface area contributed by atoms with Gasteiger partial charge in [0.2, 0.25) is 0 Å². The number of carboxylic acid groups (broad SMARTS) is 1. The van der Waals surface area contributed by atoms with Crippen molar-refractivity contribution >= 4 is 11.9 Å². The number of hydrogen-bond donors (Lipinski definition) is 3. The van der Waals surface area contributed by atoms with E-state index in [9.17, 15) is 19.8 Å². The highest BCUT2D eigenvalue weighted by molar-refractivity contribution is 5.90. The van der Waals surface area contributed by atoms with Gasteiger partial charge in [0.15, 0.2) is 0 Å². The quantitative estimate of drug-likeness (QED) is 0.421. The third-order valence-electron chi connectivity index (χ3n) is 2.95. The molecule has 0 aromatic rings. The molecule has 1 rings (SSSR count). The second kappa shape index (κ2) is 7.34. The Bertz CT molecular complexity index is 380. The molecule has 20 heavy (non-hydrogen) atoms. The summed E-state index contributed by atoms with van der Waals surface area (Å²) in [5.74, 6) is -2.11. The number of esters is 1. The normalized spacial score (nSPS) is 34.1. The van der Waals surface area contributed by atoms with Gasteiger partial charge in [-0.1, -0.05) is 0 Å². The Labute approximate surface area is 115 Å². The first kappa shape index (κ1) is 16.6. The van der Waals surface area contributed by atoms with E-state index < -0.39 is 42.5 Å². The average molecular weight is 290 g/mol. The van der Waals surface area contributed by atoms with E-state index in [0.29, 0.717) is 6.08 Å². The van der Waals surface area contributed by atoms with E-state index in [1.165, 1.54) is 7.11 Å². The first-order valence-corrected chi connectivity index (χ1v) is 5.99. The molecule has 0 aromatic heterocycles. The third kappa shape index (κ3) is 4.27. The molecule has 8 heteroatoms. The zero-order chi connectivity index (χ0) is 15.3. The predicted octanol–water partition coefficient (Wildman–Crippen LogP) is -1.31. The molecule has 8 nitrogen and oxygen atoms in total. The van der Waals surface area contributed by atoms with E-state index in [-0.39, 0.29) is 6.61 Å². The van der Waals surface area contributed by atoms with Gasteiger partial charge in [-0.2, -0.15) is 0 Å². The van der Waals surface area contributed by atoms with Gasteiger partial charge in [0.25, 0.3) is 0 Å². The lowest BCUT2D eigenvalue weighted by Crippen LogP contribution is -2.58. The third-order valence-corrected chi connectivity index (χ3v) is 2.95. The molecule has 0 saturated carbocycles. The predicted molar refractivity (Wildman–Crippen MR) is 64.9 cm³/mol. The van der Waals surface area contributed by atoms with E-state index in [4.69, 9.17) is 19.3 Å². The summed E-state index contributed by atoms with van der Waals surface area (Å²) in [7, 11) is 1.33. The van der Waals surface area contributed by atoms with Gasteiger partial charge in [-0.3, -0.25) is 0 Å². The zero-order valence-corrected chi connectivity index (χ0v) is 11.1. The lowest BCUT2D eigenvalue weighted by Gasteiger charge is -2.40. The smallest absolute Gasteiger partial charge is 0.331 e. The van der Waals surface area contributed by atoms with Crippen molar-refractivity contribution in [2.24, 2.45) is 0 Å². The number of aliphatic hydroxyl groups excluding tert-OH is 2. The molecule has 1 saturated heterocycles. The van der Waals surface area contributed by atoms with E-state index in [2.05, 4.69) is 0 Å². The Hall–Kier alpha value is -1.48. The van der Waals surface area contributed by atoms with Crippen molar-refractivity contribution in [2.45, 2.75) is 37.4 Å². The summed E-state index contributed by atoms with van der Waals surface area (Å²) in [6.07, 6.45) is -3.09. The fourth-order valence-electron chi connectivity index (χ4n) is 1.90. The molecular formula is C12H18O8. The molecule has 0 radical (unpaired) electrons. The second-order valence-electron chi connectivity index (χ2n) is 4.36. The molecule has 1 fully saturated rings. The number of rotatable bonds is 5. The van der Waals surface area contributed by atoms with Gasteiger partial charge in [-0.05, 0) is 6.92 Å². The molecule has 1 heterocycles. The van der Waals surface area contributed by atoms with Gasteiger partial charge < -0.3 is 29.5 Å². The van der Waals surface area contributed by atoms with Crippen LogP contribution < -0.4 is 0 Å². The van der Waals surface area contributed by atoms with Gasteiger partial charge in [0, 0.05) is 19.3 Å². The molecule has 0 amide bonds. The Kier molecular flexibility index (Phi) is 6.08. The SMILES string of the molecule is CO[C@H]1C(COC(=O)/C=C\C(=O)O)O[C@H](C)C(O)[C@@H]1O. The van der Waals surface area contributed by atoms with Crippen LogP contribution in [0.15, 0.2) is 12.2 Å². The molecular weight excluding hydrogens is 272 g/mol. The van der Waals surface area contributed by atoms with Crippen molar-refractivity contribution in [2.75, 3.05) is 13.7 Å². The number of methoxy groups -OCH3 is 1. The molecule has 0 aliphatic carbocycles. The Morgan fingerprint density at radius 1 is 1.25 bits per heavy atom. The van der Waals surface area contributed by atoms with E-state index in [1.807, 2.05) is 0 Å². The number of carbonyl (C=O) groups is 2. The van der Waals surface area contributed by atoms with Gasteiger partial charge >= 0.3 is 11.9 Å². The van der Waals surface area contributed by atoms with Crippen LogP contribution in [0.5, 0.6) is 0 Å². The average Bonchev–Trinajstić information content (AvgIpc) is 2.40. The van der Waals surface area contributed by atoms with Crippen LogP contribution in [0.4, 0.5) is 0 Å². The summed E-state index contributed by atoms with van der Waals surface area (Å²) < 4.78 is 15.2. The molecule has 1 aliphatic rings. The van der Waals surface area contributed by atoms with Crippen molar-refractivity contribution in [3.05, 3.63) is 12.2 Å². The minimum atomic E-state index is -1.27. The van der Waals surface area contributed by atoms with Crippen molar-refractivity contribution in [3.63, 3.8) is 0 Å². The molecule has 114 valence electrons. The highest BCUT2D eigenvalue weighted by Gasteiger charge is 2.43. The van der Waals surface area contributed by atoms with Crippen molar-refractivity contribution in [1.82, 2.24) is 0 Å². The van der Waals surface area contributed by atoms with Crippen LogP contribution in [0.3, 0.4) is 0 Å². The van der Waals surface area contributed by atoms with Crippen LogP contribution in [0.1, 0.15) is 6.92 Å². The molecule has 0 aromatic carbocycles. The maximum Gasteiger partial charge on any atom is 0.331 e. The summed E-state index contributed by atoms with van der Waals surface area (Å²) in [5.41, 5.74) is 0. The van der Waals surface area contributed by atoms with Crippen LogP contribution in [0.2, 0.25) is 0 Å². The summed E-state index contributed by atoms with van der Waals surface area (Å²) in [6.45, 7) is 1.34. The molecule has 3 N–H and O–H groups in total. The van der Waals surface area contributed by atoms with Crippen LogP contribution in [0, 0.1) is 0 Å².